The third-order valence-corrected chi connectivity index (χ3v) is 1.41. The van der Waals surface area contributed by atoms with Gasteiger partial charge in [0, 0.05) is 19.5 Å². The number of carbonyl (C=O) groups is 1. The van der Waals surface area contributed by atoms with Crippen LogP contribution in [-0.2, 0) is 4.79 Å². The van der Waals surface area contributed by atoms with Crippen molar-refractivity contribution in [2.24, 2.45) is 0 Å². The van der Waals surface area contributed by atoms with Gasteiger partial charge in [0.2, 0.25) is 2.86 Å². The van der Waals surface area contributed by atoms with Crippen molar-refractivity contribution in [1.82, 2.24) is 0 Å². The van der Waals surface area contributed by atoms with Crippen molar-refractivity contribution in [2.45, 2.75) is 32.0 Å². The molecule has 0 spiro atoms. The van der Waals surface area contributed by atoms with Crippen LogP contribution in [-0.4, -0.2) is 22.4 Å². The van der Waals surface area contributed by atoms with Gasteiger partial charge >= 0.3 is 29.6 Å². The summed E-state index contributed by atoms with van der Waals surface area (Å²) in [6.07, 6.45) is -2.92. The first-order valence-corrected chi connectivity index (χ1v) is 6.16. The molecule has 5 heteroatoms. The zero-order valence-electron chi connectivity index (χ0n) is 13.2. The molecule has 3 nitrogen and oxygen atoms in total. The second-order valence-electron chi connectivity index (χ2n) is 2.79. The third-order valence-electron chi connectivity index (χ3n) is 0.540. The largest absolute Gasteiger partial charge is 1.00 e. The van der Waals surface area contributed by atoms with Crippen molar-refractivity contribution < 1.29 is 50.4 Å². The molecule has 0 aliphatic heterocycles. The van der Waals surface area contributed by atoms with Crippen molar-refractivity contribution in [3.05, 3.63) is 0 Å². The average molecular weight is 192 g/mol. The Labute approximate surface area is 99.4 Å². The second kappa shape index (κ2) is 7.30. The number of hydrogen-bond donors (Lipinski definition) is 0. The van der Waals surface area contributed by atoms with Crippen molar-refractivity contribution >= 4 is 14.0 Å². The molecule has 0 atom stereocenters. The van der Waals surface area contributed by atoms with Crippen LogP contribution >= 0.6 is 0 Å². The second-order valence-corrected chi connectivity index (χ2v) is 7.54. The zero-order chi connectivity index (χ0) is 13.8. The molecule has 0 rings (SSSR count). The van der Waals surface area contributed by atoms with Crippen molar-refractivity contribution in [3.8, 4) is 0 Å². The van der Waals surface area contributed by atoms with E-state index in [2.05, 4.69) is 5.48 Å². The Hall–Kier alpha value is 0.647. The predicted octanol–water partition coefficient (Wildman–Crippen LogP) is -3.36. The van der Waals surface area contributed by atoms with E-state index in [-0.39, 0.29) is 29.6 Å². The molecular weight excluding hydrogens is 171 g/mol. The fourth-order valence-electron chi connectivity index (χ4n) is 0.239. The van der Waals surface area contributed by atoms with Crippen LogP contribution in [0.15, 0.2) is 0 Å². The Bertz CT molecular complexity index is 244. The molecule has 2 N–H and O–H groups in total. The van der Waals surface area contributed by atoms with Gasteiger partial charge in [0.25, 0.3) is 0 Å². The summed E-state index contributed by atoms with van der Waals surface area (Å²) in [6.45, 7) is 4.73. The first kappa shape index (κ1) is 6.15. The van der Waals surface area contributed by atoms with Crippen LogP contribution < -0.4 is 34.7 Å². The summed E-state index contributed by atoms with van der Waals surface area (Å²) < 4.78 is 39.8. The Morgan fingerprint density at radius 2 is 2.09 bits per heavy atom. The molecule has 62 valence electrons. The summed E-state index contributed by atoms with van der Waals surface area (Å²) >= 11 is 0. The molecule has 0 aromatic rings. The van der Waals surface area contributed by atoms with E-state index in [0.717, 1.165) is 0 Å². The normalized spacial score (nSPS) is 19.2. The van der Waals surface area contributed by atoms with E-state index in [9.17, 15) is 9.90 Å². The number of carbonyl (C=O) groups excluding carboxylic acids is 1. The Morgan fingerprint density at radius 3 is 2.18 bits per heavy atom. The average Bonchev–Trinajstić information content (AvgIpc) is 2.02. The van der Waals surface area contributed by atoms with E-state index in [1.54, 1.807) is 19.6 Å². The Kier molecular flexibility index (Phi) is 4.09. The van der Waals surface area contributed by atoms with Gasteiger partial charge in [0.1, 0.15) is 0 Å². The van der Waals surface area contributed by atoms with Gasteiger partial charge in [0.05, 0.1) is 0 Å². The zero-order valence-corrected chi connectivity index (χ0v) is 10.2. The molecule has 0 heterocycles. The van der Waals surface area contributed by atoms with Crippen LogP contribution in [0.4, 0.5) is 0 Å². The van der Waals surface area contributed by atoms with E-state index >= 15 is 0 Å². The minimum atomic E-state index is -2.92. The van der Waals surface area contributed by atoms with E-state index < -0.39 is 26.4 Å². The number of aliphatic carboxylic acids is 1. The third kappa shape index (κ3) is 18.0. The van der Waals surface area contributed by atoms with Gasteiger partial charge in [0.15, 0.2) is 0 Å². The van der Waals surface area contributed by atoms with E-state index in [0.29, 0.717) is 0 Å². The minimum Gasteiger partial charge on any atom is -0.550 e. The maximum atomic E-state index is 10.4. The molecule has 11 heavy (non-hydrogen) atoms. The summed E-state index contributed by atoms with van der Waals surface area (Å²) in [5.41, 5.74) is 2.75. The summed E-state index contributed by atoms with van der Waals surface area (Å²) in [5, 5.41) is 10.4. The monoisotopic (exact) mass is 192 g/mol. The van der Waals surface area contributed by atoms with Crippen LogP contribution in [0.1, 0.15) is 11.9 Å². The molecule has 0 unspecified atom stereocenters. The SMILES string of the molecule is [2H]C([2H])(C(=O)[O-])C([2H])([2H])[Si](C)(C)C.[2H]O[2H].[Na+]. The molecule has 0 saturated heterocycles. The summed E-state index contributed by atoms with van der Waals surface area (Å²) in [7, 11) is -2.55. The maximum Gasteiger partial charge on any atom is 1.00 e. The molecule has 0 aliphatic rings. The van der Waals surface area contributed by atoms with E-state index in [4.69, 9.17) is 8.35 Å². The fourth-order valence-corrected chi connectivity index (χ4v) is 0.716. The molecule has 0 aromatic carbocycles. The quantitative estimate of drug-likeness (QED) is 0.438. The number of rotatable bonds is 3. The molecule has 0 radical (unpaired) electrons. The van der Waals surface area contributed by atoms with Crippen molar-refractivity contribution in [1.29, 1.82) is 2.86 Å². The van der Waals surface area contributed by atoms with Gasteiger partial charge in [-0.05, 0) is 6.37 Å². The fraction of sp³-hybridized carbons (Fsp3) is 0.833. The standard InChI is InChI=1S/C6H14O2Si.Na.H2O/c1-9(2,3)5-4-6(7)8;;/h4-5H2,1-3H3,(H,7,8);;1H2/q;+1;/p-1/i4D2,5D2;;/hD2. The topological polar surface area (TPSA) is 71.6 Å². The molecule has 0 saturated carbocycles. The first-order chi connectivity index (χ1) is 6.86. The van der Waals surface area contributed by atoms with Gasteiger partial charge < -0.3 is 15.4 Å². The van der Waals surface area contributed by atoms with Crippen LogP contribution in [0.3, 0.4) is 0 Å². The van der Waals surface area contributed by atoms with Gasteiger partial charge in [-0.25, -0.2) is 0 Å². The van der Waals surface area contributed by atoms with Gasteiger partial charge in [-0.2, -0.15) is 0 Å². The molecule has 0 aromatic heterocycles. The summed E-state index contributed by atoms with van der Waals surface area (Å²) in [6, 6.07) is 0. The minimum absolute atomic E-state index is 0. The maximum absolute atomic E-state index is 10.4. The molecule has 0 aliphatic carbocycles. The molecule has 0 amide bonds. The van der Waals surface area contributed by atoms with Crippen LogP contribution in [0.5, 0.6) is 0 Å². The number of carboxylic acid groups (broad SMARTS) is 1. The van der Waals surface area contributed by atoms with E-state index in [1.165, 1.54) is 0 Å². The van der Waals surface area contributed by atoms with Crippen molar-refractivity contribution in [2.75, 3.05) is 0 Å². The molecule has 0 fully saturated rings. The number of carboxylic acids is 1. The molecule has 0 bridgehead atoms. The van der Waals surface area contributed by atoms with Gasteiger partial charge in [-0.1, -0.05) is 25.6 Å². The molecular formula is C6H15NaO3Si. The van der Waals surface area contributed by atoms with Gasteiger partial charge in [-0.15, -0.1) is 0 Å². The van der Waals surface area contributed by atoms with Crippen LogP contribution in [0.25, 0.3) is 0 Å². The summed E-state index contributed by atoms with van der Waals surface area (Å²) in [4.78, 5) is 10.4. The Morgan fingerprint density at radius 1 is 1.73 bits per heavy atom. The van der Waals surface area contributed by atoms with Crippen molar-refractivity contribution in [3.63, 3.8) is 0 Å². The number of hydrogen-bond acceptors (Lipinski definition) is 2. The van der Waals surface area contributed by atoms with Crippen LogP contribution in [0.2, 0.25) is 25.6 Å². The van der Waals surface area contributed by atoms with Gasteiger partial charge in [-0.3, -0.25) is 0 Å². The smallest absolute Gasteiger partial charge is 0.550 e. The van der Waals surface area contributed by atoms with Crippen LogP contribution in [0, 0.1) is 0 Å². The van der Waals surface area contributed by atoms with E-state index in [1.807, 2.05) is 0 Å². The predicted molar refractivity (Wildman–Crippen MR) is 41.4 cm³/mol. The Balaban J connectivity index is -0.000000440. The summed E-state index contributed by atoms with van der Waals surface area (Å²) in [5.74, 6) is -4.32. The first-order valence-electron chi connectivity index (χ1n) is 5.47.